The lowest BCUT2D eigenvalue weighted by atomic mass is 10.5. The molecule has 0 spiro atoms. The van der Waals surface area contributed by atoms with Gasteiger partial charge in [0.15, 0.2) is 0 Å². The Labute approximate surface area is 91.1 Å². The highest BCUT2D eigenvalue weighted by Gasteiger charge is 2.40. The summed E-state index contributed by atoms with van der Waals surface area (Å²) in [7, 11) is -2.44. The van der Waals surface area contributed by atoms with Gasteiger partial charge in [-0.3, -0.25) is 0 Å². The lowest BCUT2D eigenvalue weighted by Gasteiger charge is -2.41. The maximum Gasteiger partial charge on any atom is 0.101 e. The smallest absolute Gasteiger partial charge is 0.0839 e. The van der Waals surface area contributed by atoms with E-state index in [-0.39, 0.29) is 0 Å². The van der Waals surface area contributed by atoms with Crippen LogP contribution >= 0.6 is 0 Å². The highest BCUT2D eigenvalue weighted by Crippen LogP contribution is 2.40. The van der Waals surface area contributed by atoms with E-state index >= 15 is 0 Å². The van der Waals surface area contributed by atoms with Crippen molar-refractivity contribution in [1.29, 1.82) is 0 Å². The van der Waals surface area contributed by atoms with Crippen LogP contribution in [0.4, 0.5) is 0 Å². The molecule has 0 saturated carbocycles. The number of hydrogen-bond donors (Lipinski definition) is 0. The third-order valence-corrected chi connectivity index (χ3v) is 14.4. The summed E-state index contributed by atoms with van der Waals surface area (Å²) in [6, 6.07) is 0. The monoisotopic (exact) mass is 224 g/mol. The third kappa shape index (κ3) is 1.39. The van der Waals surface area contributed by atoms with Gasteiger partial charge < -0.3 is 0 Å². The number of hydrogen-bond acceptors (Lipinski definition) is 0. The van der Waals surface area contributed by atoms with Gasteiger partial charge in [0.2, 0.25) is 0 Å². The van der Waals surface area contributed by atoms with E-state index in [9.17, 15) is 0 Å². The van der Waals surface area contributed by atoms with E-state index in [1.807, 2.05) is 0 Å². The van der Waals surface area contributed by atoms with E-state index in [1.54, 1.807) is 20.8 Å². The molecule has 0 fully saturated rings. The van der Waals surface area contributed by atoms with Crippen molar-refractivity contribution in [3.63, 3.8) is 0 Å². The van der Waals surface area contributed by atoms with Crippen LogP contribution in [0.15, 0.2) is 20.8 Å². The molecule has 0 aromatic carbocycles. The molecule has 80 valence electrons. The highest BCUT2D eigenvalue weighted by molar-refractivity contribution is 7.01. The molecule has 0 radical (unpaired) electrons. The van der Waals surface area contributed by atoms with Crippen LogP contribution in [0.25, 0.3) is 0 Å². The first-order valence-corrected chi connectivity index (χ1v) is 11.5. The first-order chi connectivity index (χ1) is 6.13. The van der Waals surface area contributed by atoms with E-state index in [0.29, 0.717) is 0 Å². The van der Waals surface area contributed by atoms with Crippen molar-refractivity contribution < 1.29 is 0 Å². The molecule has 1 aliphatic rings. The zero-order chi connectivity index (χ0) is 11.3. The summed E-state index contributed by atoms with van der Waals surface area (Å²) in [5.74, 6) is 0. The molecule has 0 aromatic rings. The SMILES string of the molecule is CC1=C(C)[Si](C)(C)C(C)=C(C)[Si]1(C)C. The Hall–Kier alpha value is -0.0862. The standard InChI is InChI=1S/C12H24Si2/c1-9-10(2)14(7,8)12(4)11(3)13(9,5)6/h1-8H3. The van der Waals surface area contributed by atoms with Gasteiger partial charge in [0.25, 0.3) is 0 Å². The molecular weight excluding hydrogens is 200 g/mol. The summed E-state index contributed by atoms with van der Waals surface area (Å²) in [5, 5.41) is 6.99. The fourth-order valence-corrected chi connectivity index (χ4v) is 11.1. The summed E-state index contributed by atoms with van der Waals surface area (Å²) in [5.41, 5.74) is 0. The molecule has 1 rings (SSSR count). The largest absolute Gasteiger partial charge is 0.101 e. The molecule has 0 aromatic heterocycles. The van der Waals surface area contributed by atoms with Crippen LogP contribution in [0.5, 0.6) is 0 Å². The average Bonchev–Trinajstić information content (AvgIpc) is 2.11. The minimum atomic E-state index is -1.22. The molecule has 1 aliphatic heterocycles. The maximum absolute atomic E-state index is 2.49. The molecule has 2 heteroatoms. The molecule has 0 amide bonds. The molecule has 0 aliphatic carbocycles. The molecular formula is C12H24Si2. The number of allylic oxidation sites excluding steroid dienone is 4. The van der Waals surface area contributed by atoms with Crippen molar-refractivity contribution in [1.82, 2.24) is 0 Å². The van der Waals surface area contributed by atoms with Crippen LogP contribution in [-0.4, -0.2) is 16.1 Å². The van der Waals surface area contributed by atoms with E-state index in [2.05, 4.69) is 53.9 Å². The van der Waals surface area contributed by atoms with Gasteiger partial charge in [0, 0.05) is 0 Å². The van der Waals surface area contributed by atoms with Crippen LogP contribution in [0.3, 0.4) is 0 Å². The molecule has 14 heavy (non-hydrogen) atoms. The summed E-state index contributed by atoms with van der Waals surface area (Å²) < 4.78 is 0. The molecule has 0 nitrogen and oxygen atoms in total. The molecule has 0 bridgehead atoms. The van der Waals surface area contributed by atoms with Gasteiger partial charge in [0.1, 0.15) is 16.1 Å². The second-order valence-electron chi connectivity index (χ2n) is 5.75. The van der Waals surface area contributed by atoms with Gasteiger partial charge >= 0.3 is 0 Å². The van der Waals surface area contributed by atoms with Crippen molar-refractivity contribution in [2.45, 2.75) is 53.9 Å². The maximum atomic E-state index is 2.49. The predicted octanol–water partition coefficient (Wildman–Crippen LogP) is 4.25. The van der Waals surface area contributed by atoms with Crippen LogP contribution in [0.2, 0.25) is 26.2 Å². The van der Waals surface area contributed by atoms with E-state index < -0.39 is 16.1 Å². The van der Waals surface area contributed by atoms with Gasteiger partial charge in [-0.05, 0) is 27.7 Å². The minimum absolute atomic E-state index is 1.22. The second kappa shape index (κ2) is 3.21. The first-order valence-electron chi connectivity index (χ1n) is 5.50. The van der Waals surface area contributed by atoms with Crippen LogP contribution in [0, 0.1) is 0 Å². The van der Waals surface area contributed by atoms with Crippen molar-refractivity contribution in [2.24, 2.45) is 0 Å². The normalized spacial score (nSPS) is 25.7. The molecule has 0 atom stereocenters. The van der Waals surface area contributed by atoms with Crippen molar-refractivity contribution in [3.05, 3.63) is 20.8 Å². The third-order valence-electron chi connectivity index (χ3n) is 4.88. The van der Waals surface area contributed by atoms with Gasteiger partial charge in [-0.25, -0.2) is 0 Å². The molecule has 0 N–H and O–H groups in total. The second-order valence-corrected chi connectivity index (χ2v) is 15.2. The van der Waals surface area contributed by atoms with E-state index in [1.165, 1.54) is 0 Å². The lowest BCUT2D eigenvalue weighted by Crippen LogP contribution is -2.45. The van der Waals surface area contributed by atoms with Crippen LogP contribution < -0.4 is 0 Å². The first kappa shape index (κ1) is 12.0. The Bertz CT molecular complexity index is 268. The topological polar surface area (TPSA) is 0 Å². The van der Waals surface area contributed by atoms with Crippen molar-refractivity contribution in [3.8, 4) is 0 Å². The number of rotatable bonds is 0. The molecule has 0 unspecified atom stereocenters. The van der Waals surface area contributed by atoms with E-state index in [4.69, 9.17) is 0 Å². The zero-order valence-electron chi connectivity index (χ0n) is 11.0. The Balaban J connectivity index is 3.46. The minimum Gasteiger partial charge on any atom is -0.0839 e. The van der Waals surface area contributed by atoms with Crippen LogP contribution in [-0.2, 0) is 0 Å². The van der Waals surface area contributed by atoms with Gasteiger partial charge in [-0.15, -0.1) is 0 Å². The van der Waals surface area contributed by atoms with Crippen molar-refractivity contribution >= 4 is 16.1 Å². The summed E-state index contributed by atoms with van der Waals surface area (Å²) in [6.45, 7) is 19.5. The Morgan fingerprint density at radius 2 is 0.643 bits per heavy atom. The van der Waals surface area contributed by atoms with Gasteiger partial charge in [0.05, 0.1) is 0 Å². The van der Waals surface area contributed by atoms with Gasteiger partial charge in [-0.2, -0.15) is 0 Å². The zero-order valence-corrected chi connectivity index (χ0v) is 13.0. The fourth-order valence-electron chi connectivity index (χ4n) is 2.44. The molecule has 1 heterocycles. The van der Waals surface area contributed by atoms with Crippen molar-refractivity contribution in [2.75, 3.05) is 0 Å². The summed E-state index contributed by atoms with van der Waals surface area (Å²) in [6.07, 6.45) is 0. The summed E-state index contributed by atoms with van der Waals surface area (Å²) >= 11 is 0. The highest BCUT2D eigenvalue weighted by atomic mass is 28.3. The predicted molar refractivity (Wildman–Crippen MR) is 71.7 cm³/mol. The molecule has 0 saturated heterocycles. The van der Waals surface area contributed by atoms with Gasteiger partial charge in [-0.1, -0.05) is 47.0 Å². The Morgan fingerprint density at radius 1 is 0.500 bits per heavy atom. The Morgan fingerprint density at radius 3 is 0.786 bits per heavy atom. The average molecular weight is 224 g/mol. The van der Waals surface area contributed by atoms with E-state index in [0.717, 1.165) is 0 Å². The quantitative estimate of drug-likeness (QED) is 0.540. The fraction of sp³-hybridized carbons (Fsp3) is 0.667. The summed E-state index contributed by atoms with van der Waals surface area (Å²) in [4.78, 5) is 0. The Kier molecular flexibility index (Phi) is 2.74. The van der Waals surface area contributed by atoms with Crippen LogP contribution in [0.1, 0.15) is 27.7 Å². The lowest BCUT2D eigenvalue weighted by molar-refractivity contribution is 1.31.